The van der Waals surface area contributed by atoms with E-state index in [4.69, 9.17) is 0 Å². The minimum atomic E-state index is 0.590. The van der Waals surface area contributed by atoms with Crippen LogP contribution in [-0.2, 0) is 6.54 Å². The van der Waals surface area contributed by atoms with E-state index in [0.29, 0.717) is 5.92 Å². The number of anilines is 1. The summed E-state index contributed by atoms with van der Waals surface area (Å²) in [4.78, 5) is 0. The molecule has 0 saturated heterocycles. The zero-order chi connectivity index (χ0) is 14.7. The van der Waals surface area contributed by atoms with Crippen LogP contribution in [0.15, 0.2) is 66.7 Å². The molecule has 106 valence electrons. The fourth-order valence-electron chi connectivity index (χ4n) is 2.52. The molecule has 0 aromatic heterocycles. The van der Waals surface area contributed by atoms with Crippen molar-refractivity contribution >= 4 is 16.5 Å². The van der Waals surface area contributed by atoms with Gasteiger partial charge in [-0.3, -0.25) is 0 Å². The van der Waals surface area contributed by atoms with Gasteiger partial charge in [-0.25, -0.2) is 0 Å². The number of rotatable bonds is 4. The number of benzene rings is 3. The topological polar surface area (TPSA) is 12.0 Å². The van der Waals surface area contributed by atoms with Crippen molar-refractivity contribution < 1.29 is 0 Å². The monoisotopic (exact) mass is 275 g/mol. The molecule has 0 aliphatic carbocycles. The largest absolute Gasteiger partial charge is 0.381 e. The third-order valence-electron chi connectivity index (χ3n) is 3.89. The molecule has 3 rings (SSSR count). The third-order valence-corrected chi connectivity index (χ3v) is 3.89. The van der Waals surface area contributed by atoms with Gasteiger partial charge >= 0.3 is 0 Å². The predicted octanol–water partition coefficient (Wildman–Crippen LogP) is 5.58. The van der Waals surface area contributed by atoms with E-state index in [1.54, 1.807) is 0 Å². The summed E-state index contributed by atoms with van der Waals surface area (Å²) in [5.74, 6) is 0.590. The third kappa shape index (κ3) is 3.25. The summed E-state index contributed by atoms with van der Waals surface area (Å²) in [6.07, 6.45) is 0. The van der Waals surface area contributed by atoms with E-state index in [1.807, 2.05) is 0 Å². The van der Waals surface area contributed by atoms with E-state index >= 15 is 0 Å². The molecule has 0 fully saturated rings. The van der Waals surface area contributed by atoms with Gasteiger partial charge in [-0.2, -0.15) is 0 Å². The molecular weight excluding hydrogens is 254 g/mol. The first-order valence-corrected chi connectivity index (χ1v) is 7.54. The summed E-state index contributed by atoms with van der Waals surface area (Å²) in [7, 11) is 0. The zero-order valence-electron chi connectivity index (χ0n) is 12.6. The Morgan fingerprint density at radius 1 is 0.810 bits per heavy atom. The highest BCUT2D eigenvalue weighted by atomic mass is 14.9. The Morgan fingerprint density at radius 2 is 1.52 bits per heavy atom. The van der Waals surface area contributed by atoms with Gasteiger partial charge in [0.25, 0.3) is 0 Å². The highest BCUT2D eigenvalue weighted by Gasteiger charge is 2.00. The van der Waals surface area contributed by atoms with Gasteiger partial charge in [-0.05, 0) is 39.9 Å². The highest BCUT2D eigenvalue weighted by Crippen LogP contribution is 2.20. The minimum Gasteiger partial charge on any atom is -0.381 e. The Hall–Kier alpha value is -2.28. The minimum absolute atomic E-state index is 0.590. The molecule has 0 heterocycles. The van der Waals surface area contributed by atoms with Crippen LogP contribution in [0.2, 0.25) is 0 Å². The normalized spacial score (nSPS) is 11.0. The molecule has 0 aliphatic rings. The number of hydrogen-bond acceptors (Lipinski definition) is 1. The second-order valence-corrected chi connectivity index (χ2v) is 5.81. The van der Waals surface area contributed by atoms with Crippen molar-refractivity contribution in [2.24, 2.45) is 0 Å². The van der Waals surface area contributed by atoms with Crippen molar-refractivity contribution in [1.29, 1.82) is 0 Å². The molecule has 3 aromatic rings. The van der Waals surface area contributed by atoms with E-state index in [1.165, 1.54) is 27.6 Å². The second-order valence-electron chi connectivity index (χ2n) is 5.81. The molecule has 0 bridgehead atoms. The van der Waals surface area contributed by atoms with Crippen LogP contribution in [0.5, 0.6) is 0 Å². The lowest BCUT2D eigenvalue weighted by molar-refractivity contribution is 0.865. The van der Waals surface area contributed by atoms with Crippen molar-refractivity contribution in [1.82, 2.24) is 0 Å². The van der Waals surface area contributed by atoms with Crippen molar-refractivity contribution in [3.05, 3.63) is 77.9 Å². The molecule has 0 saturated carbocycles. The number of fused-ring (bicyclic) bond motifs is 1. The first-order chi connectivity index (χ1) is 10.2. The molecule has 0 amide bonds. The van der Waals surface area contributed by atoms with Crippen LogP contribution < -0.4 is 5.32 Å². The van der Waals surface area contributed by atoms with Crippen molar-refractivity contribution in [3.63, 3.8) is 0 Å². The van der Waals surface area contributed by atoms with E-state index < -0.39 is 0 Å². The van der Waals surface area contributed by atoms with Crippen LogP contribution in [0, 0.1) is 0 Å². The van der Waals surface area contributed by atoms with E-state index in [9.17, 15) is 0 Å². The fraction of sp³-hybridized carbons (Fsp3) is 0.200. The van der Waals surface area contributed by atoms with Crippen LogP contribution in [0.4, 0.5) is 5.69 Å². The lowest BCUT2D eigenvalue weighted by Gasteiger charge is -2.10. The van der Waals surface area contributed by atoms with Crippen molar-refractivity contribution in [2.75, 3.05) is 5.32 Å². The van der Waals surface area contributed by atoms with Crippen LogP contribution in [0.1, 0.15) is 30.9 Å². The smallest absolute Gasteiger partial charge is 0.0400 e. The Bertz CT molecular complexity index is 726. The molecule has 1 N–H and O–H groups in total. The van der Waals surface area contributed by atoms with E-state index in [2.05, 4.69) is 85.9 Å². The Kier molecular flexibility index (Phi) is 3.92. The summed E-state index contributed by atoms with van der Waals surface area (Å²) in [5.41, 5.74) is 3.87. The molecule has 0 radical (unpaired) electrons. The van der Waals surface area contributed by atoms with Crippen LogP contribution in [0.25, 0.3) is 10.8 Å². The highest BCUT2D eigenvalue weighted by molar-refractivity contribution is 5.85. The molecule has 0 aliphatic heterocycles. The summed E-state index contributed by atoms with van der Waals surface area (Å²) < 4.78 is 0. The summed E-state index contributed by atoms with van der Waals surface area (Å²) >= 11 is 0. The zero-order valence-corrected chi connectivity index (χ0v) is 12.6. The summed E-state index contributed by atoms with van der Waals surface area (Å²) in [5, 5.41) is 6.06. The maximum absolute atomic E-state index is 3.50. The van der Waals surface area contributed by atoms with Crippen molar-refractivity contribution in [2.45, 2.75) is 26.3 Å². The van der Waals surface area contributed by atoms with Crippen molar-refractivity contribution in [3.8, 4) is 0 Å². The lowest BCUT2D eigenvalue weighted by Crippen LogP contribution is -1.99. The molecule has 0 atom stereocenters. The first kappa shape index (κ1) is 13.7. The maximum atomic E-state index is 3.50. The van der Waals surface area contributed by atoms with Gasteiger partial charge in [0.1, 0.15) is 0 Å². The first-order valence-electron chi connectivity index (χ1n) is 7.54. The quantitative estimate of drug-likeness (QED) is 0.656. The predicted molar refractivity (Wildman–Crippen MR) is 91.8 cm³/mol. The molecule has 1 nitrogen and oxygen atoms in total. The van der Waals surface area contributed by atoms with E-state index in [0.717, 1.165) is 6.54 Å². The second kappa shape index (κ2) is 6.01. The molecule has 3 aromatic carbocycles. The molecule has 21 heavy (non-hydrogen) atoms. The fourth-order valence-corrected chi connectivity index (χ4v) is 2.52. The van der Waals surface area contributed by atoms with Gasteiger partial charge in [0.2, 0.25) is 0 Å². The average Bonchev–Trinajstić information content (AvgIpc) is 2.53. The molecule has 0 unspecified atom stereocenters. The summed E-state index contributed by atoms with van der Waals surface area (Å²) in [6.45, 7) is 5.31. The summed E-state index contributed by atoms with van der Waals surface area (Å²) in [6, 6.07) is 23.8. The van der Waals surface area contributed by atoms with Gasteiger partial charge in [0, 0.05) is 12.2 Å². The Labute approximate surface area is 126 Å². The van der Waals surface area contributed by atoms with Gasteiger partial charge in [-0.15, -0.1) is 0 Å². The van der Waals surface area contributed by atoms with Gasteiger partial charge < -0.3 is 5.32 Å². The van der Waals surface area contributed by atoms with Crippen LogP contribution in [0.3, 0.4) is 0 Å². The number of nitrogens with one attached hydrogen (secondary N) is 1. The Balaban J connectivity index is 1.71. The maximum Gasteiger partial charge on any atom is 0.0400 e. The van der Waals surface area contributed by atoms with E-state index in [-0.39, 0.29) is 0 Å². The Morgan fingerprint density at radius 3 is 2.24 bits per heavy atom. The average molecular weight is 275 g/mol. The lowest BCUT2D eigenvalue weighted by atomic mass is 10.0. The van der Waals surface area contributed by atoms with Gasteiger partial charge in [-0.1, -0.05) is 68.4 Å². The van der Waals surface area contributed by atoms with Crippen LogP contribution >= 0.6 is 0 Å². The number of hydrogen-bond donors (Lipinski definition) is 1. The SMILES string of the molecule is CC(C)c1ccc(CNc2ccc3ccccc3c2)cc1. The molecule has 0 spiro atoms. The molecular formula is C20H21N. The molecule has 1 heteroatoms. The standard InChI is InChI=1S/C20H21N/c1-15(2)17-9-7-16(8-10-17)14-21-20-12-11-18-5-3-4-6-19(18)13-20/h3-13,15,21H,14H2,1-2H3. The van der Waals surface area contributed by atoms with Gasteiger partial charge in [0.05, 0.1) is 0 Å². The van der Waals surface area contributed by atoms with Gasteiger partial charge in [0.15, 0.2) is 0 Å². The van der Waals surface area contributed by atoms with Crippen LogP contribution in [-0.4, -0.2) is 0 Å².